The zero-order valence-electron chi connectivity index (χ0n) is 10.5. The fourth-order valence-corrected chi connectivity index (χ4v) is 2.11. The predicted octanol–water partition coefficient (Wildman–Crippen LogP) is 1.35. The summed E-state index contributed by atoms with van der Waals surface area (Å²) in [5, 5.41) is 2.97. The average molecular weight is 248 g/mol. The lowest BCUT2D eigenvalue weighted by Crippen LogP contribution is -2.34. The minimum absolute atomic E-state index is 0.0605. The number of anilines is 1. The number of nitrogens with one attached hydrogen (secondary N) is 1. The molecule has 1 unspecified atom stereocenters. The molecule has 0 aliphatic carbocycles. The van der Waals surface area contributed by atoms with E-state index in [1.54, 1.807) is 0 Å². The van der Waals surface area contributed by atoms with E-state index in [0.717, 1.165) is 37.3 Å². The molecular formula is C14H20N2O2. The SMILES string of the molecule is Nc1ccc(CC(=O)NCC2CCCOC2)cc1. The Kier molecular flexibility index (Phi) is 4.59. The van der Waals surface area contributed by atoms with E-state index in [1.807, 2.05) is 24.3 Å². The van der Waals surface area contributed by atoms with Crippen LogP contribution in [0.25, 0.3) is 0 Å². The summed E-state index contributed by atoms with van der Waals surface area (Å²) in [5.74, 6) is 0.527. The number of ether oxygens (including phenoxy) is 1. The molecule has 18 heavy (non-hydrogen) atoms. The second-order valence-electron chi connectivity index (χ2n) is 4.81. The molecule has 0 spiro atoms. The molecule has 0 radical (unpaired) electrons. The van der Waals surface area contributed by atoms with E-state index in [4.69, 9.17) is 10.5 Å². The quantitative estimate of drug-likeness (QED) is 0.791. The summed E-state index contributed by atoms with van der Waals surface area (Å²) in [7, 11) is 0. The normalized spacial score (nSPS) is 19.4. The van der Waals surface area contributed by atoms with Gasteiger partial charge in [-0.3, -0.25) is 4.79 Å². The molecule has 98 valence electrons. The van der Waals surface area contributed by atoms with Crippen LogP contribution in [0.3, 0.4) is 0 Å². The van der Waals surface area contributed by atoms with Crippen LogP contribution in [0.1, 0.15) is 18.4 Å². The van der Waals surface area contributed by atoms with Crippen LogP contribution in [-0.2, 0) is 16.0 Å². The Bertz CT molecular complexity index is 383. The van der Waals surface area contributed by atoms with Crippen molar-refractivity contribution in [1.29, 1.82) is 0 Å². The summed E-state index contributed by atoms with van der Waals surface area (Å²) >= 11 is 0. The number of carbonyl (C=O) groups excluding carboxylic acids is 1. The molecule has 2 rings (SSSR count). The van der Waals surface area contributed by atoms with Crippen molar-refractivity contribution in [3.05, 3.63) is 29.8 Å². The van der Waals surface area contributed by atoms with Gasteiger partial charge in [0.15, 0.2) is 0 Å². The van der Waals surface area contributed by atoms with Crippen LogP contribution in [-0.4, -0.2) is 25.7 Å². The van der Waals surface area contributed by atoms with Gasteiger partial charge in [0.1, 0.15) is 0 Å². The van der Waals surface area contributed by atoms with E-state index < -0.39 is 0 Å². The maximum atomic E-state index is 11.8. The Morgan fingerprint density at radius 1 is 1.39 bits per heavy atom. The highest BCUT2D eigenvalue weighted by atomic mass is 16.5. The van der Waals surface area contributed by atoms with E-state index in [1.165, 1.54) is 0 Å². The van der Waals surface area contributed by atoms with Crippen molar-refractivity contribution in [3.63, 3.8) is 0 Å². The Morgan fingerprint density at radius 2 is 2.17 bits per heavy atom. The van der Waals surface area contributed by atoms with E-state index in [2.05, 4.69) is 5.32 Å². The summed E-state index contributed by atoms with van der Waals surface area (Å²) in [5.41, 5.74) is 7.31. The molecule has 1 aliphatic heterocycles. The zero-order chi connectivity index (χ0) is 12.8. The smallest absolute Gasteiger partial charge is 0.224 e. The lowest BCUT2D eigenvalue weighted by molar-refractivity contribution is -0.120. The van der Waals surface area contributed by atoms with Gasteiger partial charge in [0.2, 0.25) is 5.91 Å². The molecule has 1 amide bonds. The van der Waals surface area contributed by atoms with Gasteiger partial charge in [0.05, 0.1) is 13.0 Å². The number of amides is 1. The predicted molar refractivity (Wildman–Crippen MR) is 71.1 cm³/mol. The van der Waals surface area contributed by atoms with Gasteiger partial charge in [-0.1, -0.05) is 12.1 Å². The highest BCUT2D eigenvalue weighted by Crippen LogP contribution is 2.12. The summed E-state index contributed by atoms with van der Waals surface area (Å²) in [6.45, 7) is 2.34. The third kappa shape index (κ3) is 4.04. The molecule has 1 aliphatic rings. The molecule has 0 aromatic heterocycles. The number of benzene rings is 1. The monoisotopic (exact) mass is 248 g/mol. The van der Waals surface area contributed by atoms with Crippen LogP contribution in [0, 0.1) is 5.92 Å². The van der Waals surface area contributed by atoms with Gasteiger partial charge in [0.25, 0.3) is 0 Å². The van der Waals surface area contributed by atoms with Gasteiger partial charge in [-0.05, 0) is 36.5 Å². The number of hydrogen-bond acceptors (Lipinski definition) is 3. The number of rotatable bonds is 4. The Morgan fingerprint density at radius 3 is 2.83 bits per heavy atom. The third-order valence-corrected chi connectivity index (χ3v) is 3.19. The number of carbonyl (C=O) groups is 1. The van der Waals surface area contributed by atoms with Gasteiger partial charge >= 0.3 is 0 Å². The van der Waals surface area contributed by atoms with Crippen LogP contribution >= 0.6 is 0 Å². The molecule has 4 heteroatoms. The first kappa shape index (κ1) is 12.9. The van der Waals surface area contributed by atoms with E-state index >= 15 is 0 Å². The van der Waals surface area contributed by atoms with Gasteiger partial charge in [0, 0.05) is 18.8 Å². The van der Waals surface area contributed by atoms with Crippen LogP contribution in [0.5, 0.6) is 0 Å². The maximum Gasteiger partial charge on any atom is 0.224 e. The Labute approximate surface area is 108 Å². The van der Waals surface area contributed by atoms with Crippen molar-refractivity contribution in [3.8, 4) is 0 Å². The van der Waals surface area contributed by atoms with Crippen molar-refractivity contribution in [2.75, 3.05) is 25.5 Å². The highest BCUT2D eigenvalue weighted by molar-refractivity contribution is 5.78. The number of hydrogen-bond donors (Lipinski definition) is 2. The van der Waals surface area contributed by atoms with Crippen LogP contribution in [0.2, 0.25) is 0 Å². The second kappa shape index (κ2) is 6.40. The van der Waals surface area contributed by atoms with Crippen molar-refractivity contribution in [1.82, 2.24) is 5.32 Å². The van der Waals surface area contributed by atoms with Crippen molar-refractivity contribution < 1.29 is 9.53 Å². The molecule has 1 aromatic carbocycles. The minimum atomic E-state index is 0.0605. The maximum absolute atomic E-state index is 11.8. The van der Waals surface area contributed by atoms with Gasteiger partial charge in [-0.25, -0.2) is 0 Å². The Balaban J connectivity index is 1.73. The molecule has 0 saturated carbocycles. The molecule has 1 aromatic rings. The van der Waals surface area contributed by atoms with Crippen molar-refractivity contribution in [2.45, 2.75) is 19.3 Å². The molecule has 1 atom stereocenters. The first-order chi connectivity index (χ1) is 8.74. The topological polar surface area (TPSA) is 64.4 Å². The molecule has 4 nitrogen and oxygen atoms in total. The fraction of sp³-hybridized carbons (Fsp3) is 0.500. The highest BCUT2D eigenvalue weighted by Gasteiger charge is 2.14. The van der Waals surface area contributed by atoms with Gasteiger partial charge in [-0.2, -0.15) is 0 Å². The van der Waals surface area contributed by atoms with Crippen molar-refractivity contribution in [2.24, 2.45) is 5.92 Å². The van der Waals surface area contributed by atoms with Crippen LogP contribution < -0.4 is 11.1 Å². The van der Waals surface area contributed by atoms with Crippen molar-refractivity contribution >= 4 is 11.6 Å². The second-order valence-corrected chi connectivity index (χ2v) is 4.81. The first-order valence-electron chi connectivity index (χ1n) is 6.43. The summed E-state index contributed by atoms with van der Waals surface area (Å²) in [6.07, 6.45) is 2.65. The number of nitrogen functional groups attached to an aromatic ring is 1. The summed E-state index contributed by atoms with van der Waals surface area (Å²) in [6, 6.07) is 7.41. The molecule has 1 fully saturated rings. The van der Waals surface area contributed by atoms with Gasteiger partial charge in [-0.15, -0.1) is 0 Å². The Hall–Kier alpha value is -1.55. The zero-order valence-corrected chi connectivity index (χ0v) is 10.5. The molecule has 1 heterocycles. The standard InChI is InChI=1S/C14H20N2O2/c15-13-5-3-11(4-6-13)8-14(17)16-9-12-2-1-7-18-10-12/h3-6,12H,1-2,7-10,15H2,(H,16,17). The molecule has 0 bridgehead atoms. The van der Waals surface area contributed by atoms with E-state index in [0.29, 0.717) is 18.9 Å². The number of nitrogens with two attached hydrogens (primary N) is 1. The summed E-state index contributed by atoms with van der Waals surface area (Å²) in [4.78, 5) is 11.8. The lowest BCUT2D eigenvalue weighted by Gasteiger charge is -2.22. The summed E-state index contributed by atoms with van der Waals surface area (Å²) < 4.78 is 5.38. The van der Waals surface area contributed by atoms with Gasteiger partial charge < -0.3 is 15.8 Å². The largest absolute Gasteiger partial charge is 0.399 e. The minimum Gasteiger partial charge on any atom is -0.399 e. The van der Waals surface area contributed by atoms with Crippen LogP contribution in [0.4, 0.5) is 5.69 Å². The molecule has 3 N–H and O–H groups in total. The average Bonchev–Trinajstić information content (AvgIpc) is 2.40. The first-order valence-corrected chi connectivity index (χ1v) is 6.43. The van der Waals surface area contributed by atoms with Crippen LogP contribution in [0.15, 0.2) is 24.3 Å². The lowest BCUT2D eigenvalue weighted by atomic mass is 10.0. The third-order valence-electron chi connectivity index (χ3n) is 3.19. The van der Waals surface area contributed by atoms with E-state index in [9.17, 15) is 4.79 Å². The fourth-order valence-electron chi connectivity index (χ4n) is 2.11. The molecule has 1 saturated heterocycles. The van der Waals surface area contributed by atoms with E-state index in [-0.39, 0.29) is 5.91 Å². The molecular weight excluding hydrogens is 228 g/mol.